The van der Waals surface area contributed by atoms with Gasteiger partial charge in [-0.1, -0.05) is 32.0 Å². The Morgan fingerprint density at radius 1 is 1.08 bits per heavy atom. The SMILES string of the molecule is CCN(CC)C(=O)c1cncc(C(=O)Nc2ccccc2C(C)C)c1. The average Bonchev–Trinajstić information content (AvgIpc) is 2.63. The van der Waals surface area contributed by atoms with Gasteiger partial charge in [0.1, 0.15) is 0 Å². The Morgan fingerprint density at radius 2 is 1.72 bits per heavy atom. The molecule has 0 radical (unpaired) electrons. The van der Waals surface area contributed by atoms with Crippen molar-refractivity contribution >= 4 is 17.5 Å². The second-order valence-corrected chi connectivity index (χ2v) is 6.14. The molecule has 0 saturated carbocycles. The van der Waals surface area contributed by atoms with Crippen LogP contribution in [-0.4, -0.2) is 34.8 Å². The largest absolute Gasteiger partial charge is 0.339 e. The zero-order valence-corrected chi connectivity index (χ0v) is 15.2. The normalized spacial score (nSPS) is 10.6. The van der Waals surface area contributed by atoms with Crippen molar-refractivity contribution in [2.75, 3.05) is 18.4 Å². The van der Waals surface area contributed by atoms with Crippen LogP contribution in [0.3, 0.4) is 0 Å². The molecule has 0 aliphatic heterocycles. The van der Waals surface area contributed by atoms with Gasteiger partial charge < -0.3 is 10.2 Å². The average molecular weight is 339 g/mol. The van der Waals surface area contributed by atoms with Gasteiger partial charge in [-0.3, -0.25) is 14.6 Å². The fourth-order valence-corrected chi connectivity index (χ4v) is 2.68. The predicted octanol–water partition coefficient (Wildman–Crippen LogP) is 3.94. The van der Waals surface area contributed by atoms with E-state index in [9.17, 15) is 9.59 Å². The summed E-state index contributed by atoms with van der Waals surface area (Å²) < 4.78 is 0. The zero-order valence-electron chi connectivity index (χ0n) is 15.2. The van der Waals surface area contributed by atoms with E-state index in [-0.39, 0.29) is 11.8 Å². The number of hydrogen-bond donors (Lipinski definition) is 1. The number of pyridine rings is 1. The van der Waals surface area contributed by atoms with Gasteiger partial charge in [-0.05, 0) is 37.5 Å². The highest BCUT2D eigenvalue weighted by Crippen LogP contribution is 2.24. The molecule has 1 aromatic heterocycles. The Labute approximate surface area is 149 Å². The molecule has 0 saturated heterocycles. The Balaban J connectivity index is 2.24. The number of anilines is 1. The lowest BCUT2D eigenvalue weighted by Gasteiger charge is -2.18. The van der Waals surface area contributed by atoms with Crippen LogP contribution in [0.4, 0.5) is 5.69 Å². The lowest BCUT2D eigenvalue weighted by Crippen LogP contribution is -2.30. The Hall–Kier alpha value is -2.69. The van der Waals surface area contributed by atoms with Crippen LogP contribution in [0, 0.1) is 0 Å². The van der Waals surface area contributed by atoms with Gasteiger partial charge >= 0.3 is 0 Å². The molecule has 0 atom stereocenters. The van der Waals surface area contributed by atoms with Gasteiger partial charge in [0.05, 0.1) is 11.1 Å². The van der Waals surface area contributed by atoms with E-state index in [1.165, 1.54) is 12.4 Å². The maximum atomic E-state index is 12.6. The third-order valence-corrected chi connectivity index (χ3v) is 4.13. The molecule has 2 aromatic rings. The number of aromatic nitrogens is 1. The number of nitrogens with one attached hydrogen (secondary N) is 1. The number of amides is 2. The summed E-state index contributed by atoms with van der Waals surface area (Å²) in [4.78, 5) is 30.8. The minimum atomic E-state index is -0.269. The quantitative estimate of drug-likeness (QED) is 0.867. The zero-order chi connectivity index (χ0) is 18.4. The number of carbonyl (C=O) groups excluding carboxylic acids is 2. The first-order valence-electron chi connectivity index (χ1n) is 8.62. The highest BCUT2D eigenvalue weighted by atomic mass is 16.2. The van der Waals surface area contributed by atoms with Crippen molar-refractivity contribution in [3.63, 3.8) is 0 Å². The van der Waals surface area contributed by atoms with Crippen molar-refractivity contribution in [3.8, 4) is 0 Å². The van der Waals surface area contributed by atoms with Crippen LogP contribution < -0.4 is 5.32 Å². The van der Waals surface area contributed by atoms with Crippen molar-refractivity contribution in [1.82, 2.24) is 9.88 Å². The van der Waals surface area contributed by atoms with Gasteiger partial charge in [0.15, 0.2) is 0 Å². The molecule has 1 aromatic carbocycles. The smallest absolute Gasteiger partial charge is 0.257 e. The summed E-state index contributed by atoms with van der Waals surface area (Å²) in [7, 11) is 0. The van der Waals surface area contributed by atoms with Gasteiger partial charge in [0.25, 0.3) is 11.8 Å². The monoisotopic (exact) mass is 339 g/mol. The first-order chi connectivity index (χ1) is 12.0. The van der Waals surface area contributed by atoms with Crippen LogP contribution in [0.1, 0.15) is 59.9 Å². The predicted molar refractivity (Wildman–Crippen MR) is 100.0 cm³/mol. The van der Waals surface area contributed by atoms with Gasteiger partial charge in [-0.2, -0.15) is 0 Å². The third-order valence-electron chi connectivity index (χ3n) is 4.13. The number of para-hydroxylation sites is 1. The van der Waals surface area contributed by atoms with E-state index < -0.39 is 0 Å². The molecule has 0 aliphatic rings. The molecular weight excluding hydrogens is 314 g/mol. The summed E-state index contributed by atoms with van der Waals surface area (Å²) in [6.07, 6.45) is 2.98. The van der Waals surface area contributed by atoms with Crippen molar-refractivity contribution < 1.29 is 9.59 Å². The molecule has 1 heterocycles. The standard InChI is InChI=1S/C20H25N3O2/c1-5-23(6-2)20(25)16-11-15(12-21-13-16)19(24)22-18-10-8-7-9-17(18)14(3)4/h7-14H,5-6H2,1-4H3,(H,22,24). The molecule has 0 aliphatic carbocycles. The summed E-state index contributed by atoms with van der Waals surface area (Å²) in [6.45, 7) is 9.25. The fourth-order valence-electron chi connectivity index (χ4n) is 2.68. The first kappa shape index (κ1) is 18.6. The third kappa shape index (κ3) is 4.44. The molecule has 0 bridgehead atoms. The number of nitrogens with zero attached hydrogens (tertiary/aromatic N) is 2. The molecule has 0 unspecified atom stereocenters. The van der Waals surface area contributed by atoms with Gasteiger partial charge in [-0.25, -0.2) is 0 Å². The lowest BCUT2D eigenvalue weighted by molar-refractivity contribution is 0.0772. The first-order valence-corrected chi connectivity index (χ1v) is 8.62. The van der Waals surface area contributed by atoms with Crippen LogP contribution in [-0.2, 0) is 0 Å². The second-order valence-electron chi connectivity index (χ2n) is 6.14. The van der Waals surface area contributed by atoms with E-state index >= 15 is 0 Å². The minimum Gasteiger partial charge on any atom is -0.339 e. The molecule has 0 spiro atoms. The number of carbonyl (C=O) groups is 2. The number of benzene rings is 1. The van der Waals surface area contributed by atoms with Crippen LogP contribution in [0.5, 0.6) is 0 Å². The molecule has 2 rings (SSSR count). The highest BCUT2D eigenvalue weighted by molar-refractivity contribution is 6.06. The van der Waals surface area contributed by atoms with Gasteiger partial charge in [-0.15, -0.1) is 0 Å². The molecule has 5 nitrogen and oxygen atoms in total. The summed E-state index contributed by atoms with van der Waals surface area (Å²) in [6, 6.07) is 9.32. The maximum absolute atomic E-state index is 12.6. The van der Waals surface area contributed by atoms with Crippen LogP contribution in [0.15, 0.2) is 42.7 Å². The van der Waals surface area contributed by atoms with Crippen molar-refractivity contribution in [2.45, 2.75) is 33.6 Å². The second kappa shape index (κ2) is 8.42. The molecule has 2 amide bonds. The number of rotatable bonds is 6. The maximum Gasteiger partial charge on any atom is 0.257 e. The molecule has 0 fully saturated rings. The Kier molecular flexibility index (Phi) is 6.28. The van der Waals surface area contributed by atoms with E-state index in [1.807, 2.05) is 38.1 Å². The highest BCUT2D eigenvalue weighted by Gasteiger charge is 2.16. The Morgan fingerprint density at radius 3 is 2.36 bits per heavy atom. The lowest BCUT2D eigenvalue weighted by atomic mass is 10.0. The van der Waals surface area contributed by atoms with E-state index in [1.54, 1.807) is 11.0 Å². The number of hydrogen-bond acceptors (Lipinski definition) is 3. The molecule has 5 heteroatoms. The summed E-state index contributed by atoms with van der Waals surface area (Å²) >= 11 is 0. The molecular formula is C20H25N3O2. The van der Waals surface area contributed by atoms with Crippen molar-refractivity contribution in [3.05, 3.63) is 59.4 Å². The van der Waals surface area contributed by atoms with Gasteiger partial charge in [0, 0.05) is 31.2 Å². The van der Waals surface area contributed by atoms with E-state index in [0.717, 1.165) is 11.3 Å². The molecule has 132 valence electrons. The van der Waals surface area contributed by atoms with E-state index in [0.29, 0.717) is 30.1 Å². The summed E-state index contributed by atoms with van der Waals surface area (Å²) in [5.74, 6) is -0.0882. The van der Waals surface area contributed by atoms with Crippen molar-refractivity contribution in [1.29, 1.82) is 0 Å². The fraction of sp³-hybridized carbons (Fsp3) is 0.350. The summed E-state index contributed by atoms with van der Waals surface area (Å²) in [5.41, 5.74) is 2.65. The van der Waals surface area contributed by atoms with Gasteiger partial charge in [0.2, 0.25) is 0 Å². The van der Waals surface area contributed by atoms with E-state index in [4.69, 9.17) is 0 Å². The summed E-state index contributed by atoms with van der Waals surface area (Å²) in [5, 5.41) is 2.93. The van der Waals surface area contributed by atoms with Crippen LogP contribution >= 0.6 is 0 Å². The van der Waals surface area contributed by atoms with Crippen LogP contribution in [0.2, 0.25) is 0 Å². The van der Waals surface area contributed by atoms with E-state index in [2.05, 4.69) is 24.1 Å². The van der Waals surface area contributed by atoms with Crippen molar-refractivity contribution in [2.24, 2.45) is 0 Å². The Bertz CT molecular complexity index is 752. The topological polar surface area (TPSA) is 62.3 Å². The molecule has 1 N–H and O–H groups in total. The molecule has 25 heavy (non-hydrogen) atoms. The van der Waals surface area contributed by atoms with Crippen LogP contribution in [0.25, 0.3) is 0 Å². The minimum absolute atomic E-state index is 0.116.